The van der Waals surface area contributed by atoms with E-state index >= 15 is 0 Å². The molecule has 30 heavy (non-hydrogen) atoms. The molecule has 0 fully saturated rings. The van der Waals surface area contributed by atoms with Gasteiger partial charge in [-0.3, -0.25) is 9.55 Å². The molecule has 0 aliphatic rings. The highest BCUT2D eigenvalue weighted by Crippen LogP contribution is 2.39. The topological polar surface area (TPSA) is 43.9 Å². The minimum atomic E-state index is -0.307. The van der Waals surface area contributed by atoms with Gasteiger partial charge >= 0.3 is 0 Å². The Balaban J connectivity index is 1.77. The summed E-state index contributed by atoms with van der Waals surface area (Å²) in [4.78, 5) is 9.33. The van der Waals surface area contributed by atoms with Crippen molar-refractivity contribution in [3.63, 3.8) is 0 Å². The molecule has 0 amide bonds. The Bertz CT molecular complexity index is 1560. The first-order valence-electron chi connectivity index (χ1n) is 9.72. The molecular weight excluding hydrogens is 377 g/mol. The molecule has 0 N–H and O–H groups in total. The lowest BCUT2D eigenvalue weighted by Gasteiger charge is -2.10. The molecule has 0 aliphatic heterocycles. The molecule has 3 aromatic carbocycles. The Morgan fingerprint density at radius 1 is 0.900 bits per heavy atom. The van der Waals surface area contributed by atoms with Crippen LogP contribution in [0.15, 0.2) is 83.4 Å². The van der Waals surface area contributed by atoms with Crippen molar-refractivity contribution >= 4 is 33.0 Å². The van der Waals surface area contributed by atoms with Gasteiger partial charge in [-0.1, -0.05) is 36.4 Å². The van der Waals surface area contributed by atoms with Crippen LogP contribution in [0.1, 0.15) is 5.69 Å². The van der Waals surface area contributed by atoms with E-state index < -0.39 is 0 Å². The van der Waals surface area contributed by atoms with Crippen LogP contribution in [0, 0.1) is 12.7 Å². The summed E-state index contributed by atoms with van der Waals surface area (Å²) in [5.41, 5.74) is 5.44. The Kier molecular flexibility index (Phi) is 3.53. The Labute approximate surface area is 171 Å². The molecule has 4 nitrogen and oxygen atoms in total. The van der Waals surface area contributed by atoms with Crippen molar-refractivity contribution in [2.24, 2.45) is 0 Å². The number of rotatable bonds is 2. The average molecular weight is 393 g/mol. The van der Waals surface area contributed by atoms with E-state index in [1.807, 2.05) is 67.6 Å². The molecule has 3 heterocycles. The van der Waals surface area contributed by atoms with Crippen molar-refractivity contribution in [1.29, 1.82) is 0 Å². The molecule has 0 atom stereocenters. The van der Waals surface area contributed by atoms with Gasteiger partial charge in [0, 0.05) is 17.3 Å². The first-order chi connectivity index (χ1) is 14.7. The van der Waals surface area contributed by atoms with Gasteiger partial charge in [0.05, 0.1) is 22.2 Å². The van der Waals surface area contributed by atoms with Gasteiger partial charge in [-0.15, -0.1) is 0 Å². The van der Waals surface area contributed by atoms with E-state index in [-0.39, 0.29) is 5.82 Å². The molecule has 6 aromatic rings. The van der Waals surface area contributed by atoms with Crippen LogP contribution in [-0.2, 0) is 0 Å². The lowest BCUT2D eigenvalue weighted by Crippen LogP contribution is -1.98. The number of aryl methyl sites for hydroxylation is 1. The van der Waals surface area contributed by atoms with Gasteiger partial charge < -0.3 is 4.42 Å². The van der Waals surface area contributed by atoms with Crippen molar-refractivity contribution in [1.82, 2.24) is 14.5 Å². The molecule has 0 bridgehead atoms. The first-order valence-corrected chi connectivity index (χ1v) is 9.72. The van der Waals surface area contributed by atoms with Crippen LogP contribution in [0.5, 0.6) is 0 Å². The van der Waals surface area contributed by atoms with Crippen molar-refractivity contribution in [2.75, 3.05) is 0 Å². The number of fused-ring (bicyclic) bond motifs is 4. The molecular formula is C25H16FN3O. The number of hydrogen-bond donors (Lipinski definition) is 0. The van der Waals surface area contributed by atoms with E-state index in [9.17, 15) is 4.39 Å². The average Bonchev–Trinajstić information content (AvgIpc) is 3.35. The SMILES string of the molecule is Cc1nccc2c1nc(-c1ccc(F)c3c1oc1ccccc13)n2-c1ccccc1. The quantitative estimate of drug-likeness (QED) is 0.340. The van der Waals surface area contributed by atoms with Crippen molar-refractivity contribution in [3.8, 4) is 17.1 Å². The number of benzene rings is 3. The first kappa shape index (κ1) is 16.9. The smallest absolute Gasteiger partial charge is 0.149 e. The summed E-state index contributed by atoms with van der Waals surface area (Å²) in [6.07, 6.45) is 1.78. The predicted molar refractivity (Wildman–Crippen MR) is 116 cm³/mol. The zero-order valence-electron chi connectivity index (χ0n) is 16.1. The molecule has 0 saturated heterocycles. The second kappa shape index (κ2) is 6.26. The summed E-state index contributed by atoms with van der Waals surface area (Å²) >= 11 is 0. The molecule has 144 valence electrons. The fourth-order valence-corrected chi connectivity index (χ4v) is 4.12. The zero-order chi connectivity index (χ0) is 20.2. The maximum absolute atomic E-state index is 14.8. The molecule has 0 unspecified atom stereocenters. The van der Waals surface area contributed by atoms with Crippen LogP contribution in [0.4, 0.5) is 4.39 Å². The maximum atomic E-state index is 14.8. The molecule has 0 saturated carbocycles. The third-order valence-electron chi connectivity index (χ3n) is 5.49. The van der Waals surface area contributed by atoms with E-state index in [4.69, 9.17) is 9.40 Å². The van der Waals surface area contributed by atoms with Gasteiger partial charge in [-0.2, -0.15) is 0 Å². The number of halogens is 1. The highest BCUT2D eigenvalue weighted by Gasteiger charge is 2.22. The number of pyridine rings is 1. The minimum Gasteiger partial charge on any atom is -0.455 e. The third-order valence-corrected chi connectivity index (χ3v) is 5.49. The van der Waals surface area contributed by atoms with Gasteiger partial charge in [0.25, 0.3) is 0 Å². The van der Waals surface area contributed by atoms with Gasteiger partial charge in [-0.25, -0.2) is 9.37 Å². The number of nitrogens with zero attached hydrogens (tertiary/aromatic N) is 3. The molecule has 0 radical (unpaired) electrons. The lowest BCUT2D eigenvalue weighted by atomic mass is 10.1. The van der Waals surface area contributed by atoms with E-state index in [0.29, 0.717) is 22.4 Å². The molecule has 0 spiro atoms. The monoisotopic (exact) mass is 393 g/mol. The molecule has 6 rings (SSSR count). The van der Waals surface area contributed by atoms with Crippen LogP contribution in [0.3, 0.4) is 0 Å². The number of imidazole rings is 1. The third kappa shape index (κ3) is 2.32. The summed E-state index contributed by atoms with van der Waals surface area (Å²) < 4.78 is 23.0. The molecule has 5 heteroatoms. The van der Waals surface area contributed by atoms with Gasteiger partial charge in [0.2, 0.25) is 0 Å². The summed E-state index contributed by atoms with van der Waals surface area (Å²) in [5, 5.41) is 1.23. The Hall–Kier alpha value is -3.99. The number of hydrogen-bond acceptors (Lipinski definition) is 3. The second-order valence-corrected chi connectivity index (χ2v) is 7.27. The number of aromatic nitrogens is 3. The minimum absolute atomic E-state index is 0.307. The summed E-state index contributed by atoms with van der Waals surface area (Å²) in [5.74, 6) is 0.385. The lowest BCUT2D eigenvalue weighted by molar-refractivity contribution is 0.634. The fourth-order valence-electron chi connectivity index (χ4n) is 4.12. The zero-order valence-corrected chi connectivity index (χ0v) is 16.1. The molecule has 0 aliphatic carbocycles. The normalized spacial score (nSPS) is 11.7. The summed E-state index contributed by atoms with van der Waals surface area (Å²) in [6, 6.07) is 22.7. The van der Waals surface area contributed by atoms with Crippen LogP contribution in [-0.4, -0.2) is 14.5 Å². The van der Waals surface area contributed by atoms with Crippen molar-refractivity contribution in [2.45, 2.75) is 6.92 Å². The van der Waals surface area contributed by atoms with Crippen LogP contribution >= 0.6 is 0 Å². The van der Waals surface area contributed by atoms with Crippen LogP contribution in [0.2, 0.25) is 0 Å². The van der Waals surface area contributed by atoms with E-state index in [0.717, 1.165) is 33.4 Å². The highest BCUT2D eigenvalue weighted by atomic mass is 19.1. The Morgan fingerprint density at radius 3 is 2.57 bits per heavy atom. The van der Waals surface area contributed by atoms with E-state index in [1.165, 1.54) is 6.07 Å². The predicted octanol–water partition coefficient (Wildman–Crippen LogP) is 6.43. The largest absolute Gasteiger partial charge is 0.455 e. The van der Waals surface area contributed by atoms with Crippen LogP contribution in [0.25, 0.3) is 50.0 Å². The van der Waals surface area contributed by atoms with Gasteiger partial charge in [-0.05, 0) is 43.3 Å². The van der Waals surface area contributed by atoms with Crippen molar-refractivity contribution in [3.05, 3.63) is 90.5 Å². The summed E-state index contributed by atoms with van der Waals surface area (Å²) in [6.45, 7) is 1.94. The fraction of sp³-hybridized carbons (Fsp3) is 0.0400. The van der Waals surface area contributed by atoms with Gasteiger partial charge in [0.1, 0.15) is 28.3 Å². The Morgan fingerprint density at radius 2 is 1.70 bits per heavy atom. The van der Waals surface area contributed by atoms with E-state index in [2.05, 4.69) is 9.55 Å². The standard InChI is InChI=1S/C25H16FN3O/c1-15-23-20(13-14-27-15)29(16-7-3-2-4-8-16)25(28-23)18-11-12-19(26)22-17-9-5-6-10-21(17)30-24(18)22/h2-14H,1H3. The van der Waals surface area contributed by atoms with Gasteiger partial charge in [0.15, 0.2) is 0 Å². The maximum Gasteiger partial charge on any atom is 0.149 e. The van der Waals surface area contributed by atoms with Crippen LogP contribution < -0.4 is 0 Å². The second-order valence-electron chi connectivity index (χ2n) is 7.27. The van der Waals surface area contributed by atoms with Crippen molar-refractivity contribution < 1.29 is 8.81 Å². The summed E-state index contributed by atoms with van der Waals surface area (Å²) in [7, 11) is 0. The molecule has 3 aromatic heterocycles. The van der Waals surface area contributed by atoms with E-state index in [1.54, 1.807) is 12.3 Å². The number of para-hydroxylation sites is 2. The number of furan rings is 1. The highest BCUT2D eigenvalue weighted by molar-refractivity contribution is 6.09.